The molecule has 1 aliphatic rings. The zero-order chi connectivity index (χ0) is 18.6. The first-order valence-corrected chi connectivity index (χ1v) is 8.91. The van der Waals surface area contributed by atoms with Gasteiger partial charge in [0.15, 0.2) is 0 Å². The fourth-order valence-corrected chi connectivity index (χ4v) is 3.30. The Balaban J connectivity index is 1.53. The largest absolute Gasteiger partial charge is 0.347 e. The summed E-state index contributed by atoms with van der Waals surface area (Å²) < 4.78 is 13.7. The van der Waals surface area contributed by atoms with E-state index in [1.54, 1.807) is 24.3 Å². The molecule has 1 aromatic heterocycles. The normalized spacial score (nSPS) is 13.1. The number of aryl methyl sites for hydroxylation is 1. The van der Waals surface area contributed by atoms with Gasteiger partial charge in [-0.25, -0.2) is 14.4 Å². The summed E-state index contributed by atoms with van der Waals surface area (Å²) in [6, 6.07) is 16.3. The third-order valence-corrected chi connectivity index (χ3v) is 4.67. The van der Waals surface area contributed by atoms with Crippen LogP contribution in [-0.4, -0.2) is 22.4 Å². The number of amides is 1. The molecule has 136 valence electrons. The van der Waals surface area contributed by atoms with E-state index in [1.807, 2.05) is 12.1 Å². The zero-order valence-corrected chi connectivity index (χ0v) is 14.7. The molecule has 0 spiro atoms. The molecule has 1 aliphatic heterocycles. The monoisotopic (exact) mass is 362 g/mol. The van der Waals surface area contributed by atoms with Crippen molar-refractivity contribution in [2.45, 2.75) is 19.4 Å². The number of fused-ring (bicyclic) bond motifs is 1. The Bertz CT molecular complexity index is 976. The lowest BCUT2D eigenvalue weighted by molar-refractivity contribution is 0.0945. The molecular weight excluding hydrogens is 343 g/mol. The predicted octanol–water partition coefficient (Wildman–Crippen LogP) is 3.63. The molecule has 1 amide bonds. The molecular formula is C21H19FN4O. The minimum Gasteiger partial charge on any atom is -0.347 e. The third-order valence-electron chi connectivity index (χ3n) is 4.67. The Morgan fingerprint density at radius 2 is 1.93 bits per heavy atom. The highest BCUT2D eigenvalue weighted by molar-refractivity contribution is 5.93. The van der Waals surface area contributed by atoms with E-state index in [2.05, 4.69) is 32.3 Å². The number of para-hydroxylation sites is 1. The van der Waals surface area contributed by atoms with Crippen molar-refractivity contribution < 1.29 is 9.18 Å². The van der Waals surface area contributed by atoms with E-state index in [-0.39, 0.29) is 24.0 Å². The van der Waals surface area contributed by atoms with Crippen molar-refractivity contribution in [1.29, 1.82) is 0 Å². The number of hydrogen-bond donors (Lipinski definition) is 1. The summed E-state index contributed by atoms with van der Waals surface area (Å²) in [6.45, 7) is 0.946. The van der Waals surface area contributed by atoms with E-state index in [0.717, 1.165) is 25.1 Å². The minimum absolute atomic E-state index is 0.109. The van der Waals surface area contributed by atoms with Crippen molar-refractivity contribution in [2.75, 3.05) is 11.4 Å². The molecule has 3 aromatic rings. The second-order valence-corrected chi connectivity index (χ2v) is 6.42. The number of anilines is 2. The fraction of sp³-hybridized carbons (Fsp3) is 0.190. The lowest BCUT2D eigenvalue weighted by Crippen LogP contribution is -2.27. The standard InChI is InChI=1S/C21H19FN4O/c22-17-9-3-1-7-16(17)13-23-21(27)18-12-20(25-14-24-18)26-11-5-8-15-6-2-4-10-19(15)26/h1-4,6-7,9-10,12,14H,5,8,11,13H2,(H,23,27). The average molecular weight is 362 g/mol. The Hall–Kier alpha value is -3.28. The molecule has 6 heteroatoms. The molecule has 0 atom stereocenters. The van der Waals surface area contributed by atoms with Crippen molar-refractivity contribution >= 4 is 17.4 Å². The fourth-order valence-electron chi connectivity index (χ4n) is 3.30. The second-order valence-electron chi connectivity index (χ2n) is 6.42. The molecule has 27 heavy (non-hydrogen) atoms. The van der Waals surface area contributed by atoms with Gasteiger partial charge >= 0.3 is 0 Å². The maximum absolute atomic E-state index is 13.7. The molecule has 5 nitrogen and oxygen atoms in total. The van der Waals surface area contributed by atoms with E-state index < -0.39 is 0 Å². The van der Waals surface area contributed by atoms with Crippen LogP contribution >= 0.6 is 0 Å². The highest BCUT2D eigenvalue weighted by Crippen LogP contribution is 2.32. The van der Waals surface area contributed by atoms with E-state index in [4.69, 9.17) is 0 Å². The van der Waals surface area contributed by atoms with Crippen LogP contribution in [0, 0.1) is 5.82 Å². The molecule has 0 saturated carbocycles. The highest BCUT2D eigenvalue weighted by Gasteiger charge is 2.20. The Morgan fingerprint density at radius 1 is 1.11 bits per heavy atom. The van der Waals surface area contributed by atoms with E-state index in [1.165, 1.54) is 18.0 Å². The average Bonchev–Trinajstić information content (AvgIpc) is 2.72. The third kappa shape index (κ3) is 3.65. The van der Waals surface area contributed by atoms with Crippen LogP contribution < -0.4 is 10.2 Å². The van der Waals surface area contributed by atoms with Gasteiger partial charge in [0, 0.05) is 30.4 Å². The van der Waals surface area contributed by atoms with Crippen molar-refractivity contribution in [1.82, 2.24) is 15.3 Å². The van der Waals surface area contributed by atoms with Crippen molar-refractivity contribution in [3.63, 3.8) is 0 Å². The number of nitrogens with zero attached hydrogens (tertiary/aromatic N) is 3. The Kier molecular flexibility index (Phi) is 4.78. The van der Waals surface area contributed by atoms with Crippen LogP contribution in [0.1, 0.15) is 28.0 Å². The molecule has 1 N–H and O–H groups in total. The summed E-state index contributed by atoms with van der Waals surface area (Å²) in [5.41, 5.74) is 3.08. The number of hydrogen-bond acceptors (Lipinski definition) is 4. The van der Waals surface area contributed by atoms with Crippen LogP contribution in [0.2, 0.25) is 0 Å². The SMILES string of the molecule is O=C(NCc1ccccc1F)c1cc(N2CCCc3ccccc32)ncn1. The Labute approximate surface area is 156 Å². The van der Waals surface area contributed by atoms with Crippen molar-refractivity contribution in [2.24, 2.45) is 0 Å². The lowest BCUT2D eigenvalue weighted by Gasteiger charge is -2.30. The molecule has 0 fully saturated rings. The molecule has 0 bridgehead atoms. The number of carbonyl (C=O) groups is 1. The quantitative estimate of drug-likeness (QED) is 0.770. The van der Waals surface area contributed by atoms with E-state index in [9.17, 15) is 9.18 Å². The number of benzene rings is 2. The smallest absolute Gasteiger partial charge is 0.270 e. The maximum atomic E-state index is 13.7. The van der Waals surface area contributed by atoms with Gasteiger partial charge in [-0.1, -0.05) is 36.4 Å². The van der Waals surface area contributed by atoms with Crippen LogP contribution in [0.25, 0.3) is 0 Å². The number of carbonyl (C=O) groups excluding carboxylic acids is 1. The molecule has 0 saturated heterocycles. The summed E-state index contributed by atoms with van der Waals surface area (Å²) in [7, 11) is 0. The molecule has 0 aliphatic carbocycles. The molecule has 2 heterocycles. The Morgan fingerprint density at radius 3 is 2.81 bits per heavy atom. The summed E-state index contributed by atoms with van der Waals surface area (Å²) in [5, 5.41) is 2.72. The van der Waals surface area contributed by atoms with Gasteiger partial charge in [-0.2, -0.15) is 0 Å². The van der Waals surface area contributed by atoms with Crippen molar-refractivity contribution in [3.05, 3.63) is 83.6 Å². The van der Waals surface area contributed by atoms with Crippen LogP contribution in [0.3, 0.4) is 0 Å². The first kappa shape index (κ1) is 17.1. The van der Waals surface area contributed by atoms with Gasteiger partial charge in [-0.15, -0.1) is 0 Å². The highest BCUT2D eigenvalue weighted by atomic mass is 19.1. The molecule has 0 radical (unpaired) electrons. The van der Waals surface area contributed by atoms with Crippen LogP contribution in [0.15, 0.2) is 60.9 Å². The van der Waals surface area contributed by atoms with Crippen LogP contribution in [0.4, 0.5) is 15.9 Å². The van der Waals surface area contributed by atoms with E-state index in [0.29, 0.717) is 11.4 Å². The lowest BCUT2D eigenvalue weighted by atomic mass is 10.0. The zero-order valence-electron chi connectivity index (χ0n) is 14.7. The van der Waals surface area contributed by atoms with Gasteiger partial charge in [0.2, 0.25) is 0 Å². The van der Waals surface area contributed by atoms with Gasteiger partial charge in [-0.3, -0.25) is 4.79 Å². The van der Waals surface area contributed by atoms with Crippen molar-refractivity contribution in [3.8, 4) is 0 Å². The first-order valence-electron chi connectivity index (χ1n) is 8.91. The number of aromatic nitrogens is 2. The number of nitrogens with one attached hydrogen (secondary N) is 1. The summed E-state index contributed by atoms with van der Waals surface area (Å²) >= 11 is 0. The van der Waals surface area contributed by atoms with Gasteiger partial charge in [0.05, 0.1) is 0 Å². The second kappa shape index (κ2) is 7.53. The summed E-state index contributed by atoms with van der Waals surface area (Å²) in [6.07, 6.45) is 3.45. The molecule has 4 rings (SSSR count). The van der Waals surface area contributed by atoms with Gasteiger partial charge in [-0.05, 0) is 30.5 Å². The maximum Gasteiger partial charge on any atom is 0.270 e. The predicted molar refractivity (Wildman–Crippen MR) is 101 cm³/mol. The summed E-state index contributed by atoms with van der Waals surface area (Å²) in [4.78, 5) is 23.0. The molecule has 2 aromatic carbocycles. The van der Waals surface area contributed by atoms with Crippen LogP contribution in [-0.2, 0) is 13.0 Å². The number of rotatable bonds is 4. The number of halogens is 1. The summed E-state index contributed by atoms with van der Waals surface area (Å²) in [5.74, 6) is -0.00788. The topological polar surface area (TPSA) is 58.1 Å². The first-order chi connectivity index (χ1) is 13.2. The van der Waals surface area contributed by atoms with E-state index >= 15 is 0 Å². The van der Waals surface area contributed by atoms with Gasteiger partial charge in [0.1, 0.15) is 23.7 Å². The van der Waals surface area contributed by atoms with Gasteiger partial charge in [0.25, 0.3) is 5.91 Å². The van der Waals surface area contributed by atoms with Gasteiger partial charge < -0.3 is 10.2 Å². The van der Waals surface area contributed by atoms with Crippen LogP contribution in [0.5, 0.6) is 0 Å². The molecule has 0 unspecified atom stereocenters. The minimum atomic E-state index is -0.354.